The molecule has 0 fully saturated rings. The van der Waals surface area contributed by atoms with Gasteiger partial charge in [0, 0.05) is 26.9 Å². The van der Waals surface area contributed by atoms with Crippen molar-refractivity contribution in [3.05, 3.63) is 23.8 Å². The smallest absolute Gasteiger partial charge is 0.503 e. The molecular weight excluding hydrogens is 308 g/mol. The summed E-state index contributed by atoms with van der Waals surface area (Å²) in [5.74, 6) is 1.69. The summed E-state index contributed by atoms with van der Waals surface area (Å²) in [5.41, 5.74) is 1.02. The molecule has 1 aromatic rings. The van der Waals surface area contributed by atoms with Crippen LogP contribution in [0.25, 0.3) is 0 Å². The molecule has 0 aromatic heterocycles. The SMILES string of the molecule is CO[Si](CCOc1ccc2c(c1)CO[SiH](C)O2)(OC)OC. The van der Waals surface area contributed by atoms with E-state index >= 15 is 0 Å². The average Bonchev–Trinajstić information content (AvgIpc) is 2.52. The molecule has 0 bridgehead atoms. The van der Waals surface area contributed by atoms with Gasteiger partial charge in [-0.3, -0.25) is 0 Å². The first-order valence-corrected chi connectivity index (χ1v) is 10.8. The Morgan fingerprint density at radius 2 is 1.90 bits per heavy atom. The highest BCUT2D eigenvalue weighted by molar-refractivity contribution is 6.60. The predicted molar refractivity (Wildman–Crippen MR) is 82.0 cm³/mol. The summed E-state index contributed by atoms with van der Waals surface area (Å²) < 4.78 is 33.1. The van der Waals surface area contributed by atoms with E-state index in [-0.39, 0.29) is 0 Å². The quantitative estimate of drug-likeness (QED) is 0.709. The predicted octanol–water partition coefficient (Wildman–Crippen LogP) is 1.70. The fraction of sp³-hybridized carbons (Fsp3) is 0.538. The standard InChI is InChI=1S/C13H22O6Si2/c1-14-21(15-2,16-3)8-7-17-12-5-6-13-11(9-12)10-18-20(4)19-13/h5-6,9,20H,7-8,10H2,1-4H3. The van der Waals surface area contributed by atoms with Crippen molar-refractivity contribution in [1.82, 2.24) is 0 Å². The fourth-order valence-corrected chi connectivity index (χ4v) is 4.68. The molecule has 1 aliphatic rings. The Labute approximate surface area is 128 Å². The lowest BCUT2D eigenvalue weighted by Crippen LogP contribution is -2.44. The van der Waals surface area contributed by atoms with Gasteiger partial charge in [-0.1, -0.05) is 0 Å². The van der Waals surface area contributed by atoms with Crippen LogP contribution in [0.3, 0.4) is 0 Å². The molecule has 2 rings (SSSR count). The molecule has 0 saturated heterocycles. The first kappa shape index (κ1) is 16.5. The molecule has 0 amide bonds. The van der Waals surface area contributed by atoms with Crippen LogP contribution in [0, 0.1) is 0 Å². The monoisotopic (exact) mass is 330 g/mol. The van der Waals surface area contributed by atoms with Crippen LogP contribution in [0.1, 0.15) is 5.56 Å². The Balaban J connectivity index is 1.92. The van der Waals surface area contributed by atoms with Crippen LogP contribution in [0.15, 0.2) is 18.2 Å². The maximum Gasteiger partial charge on any atom is 0.503 e. The topological polar surface area (TPSA) is 55.4 Å². The van der Waals surface area contributed by atoms with Gasteiger partial charge in [0.05, 0.1) is 19.3 Å². The molecule has 118 valence electrons. The number of fused-ring (bicyclic) bond motifs is 1. The summed E-state index contributed by atoms with van der Waals surface area (Å²) in [4.78, 5) is 0. The van der Waals surface area contributed by atoms with Gasteiger partial charge >= 0.3 is 18.1 Å². The van der Waals surface area contributed by atoms with Crippen LogP contribution < -0.4 is 9.16 Å². The normalized spacial score (nSPS) is 18.0. The molecule has 0 saturated carbocycles. The molecule has 21 heavy (non-hydrogen) atoms. The zero-order valence-electron chi connectivity index (χ0n) is 12.9. The Morgan fingerprint density at radius 1 is 1.19 bits per heavy atom. The van der Waals surface area contributed by atoms with E-state index in [0.29, 0.717) is 19.3 Å². The molecule has 0 aliphatic carbocycles. The highest BCUT2D eigenvalue weighted by atomic mass is 28.4. The lowest BCUT2D eigenvalue weighted by atomic mass is 10.2. The third-order valence-corrected chi connectivity index (χ3v) is 7.31. The van der Waals surface area contributed by atoms with Gasteiger partial charge in [-0.25, -0.2) is 0 Å². The third-order valence-electron chi connectivity index (χ3n) is 3.41. The first-order valence-electron chi connectivity index (χ1n) is 6.82. The van der Waals surface area contributed by atoms with Crippen LogP contribution in [0.4, 0.5) is 0 Å². The van der Waals surface area contributed by atoms with E-state index in [1.807, 2.05) is 24.7 Å². The molecule has 1 atom stereocenters. The van der Waals surface area contributed by atoms with Crippen LogP contribution in [0.2, 0.25) is 12.6 Å². The van der Waals surface area contributed by atoms with Gasteiger partial charge in [0.25, 0.3) is 0 Å². The minimum absolute atomic E-state index is 0.466. The molecule has 8 heteroatoms. The van der Waals surface area contributed by atoms with E-state index in [1.165, 1.54) is 0 Å². The second-order valence-corrected chi connectivity index (χ2v) is 9.45. The van der Waals surface area contributed by atoms with Crippen molar-refractivity contribution in [2.24, 2.45) is 0 Å². The van der Waals surface area contributed by atoms with Gasteiger partial charge in [-0.2, -0.15) is 0 Å². The number of hydrogen-bond donors (Lipinski definition) is 0. The van der Waals surface area contributed by atoms with Gasteiger partial charge in [-0.05, 0) is 24.7 Å². The van der Waals surface area contributed by atoms with Crippen molar-refractivity contribution in [2.75, 3.05) is 27.9 Å². The molecule has 0 radical (unpaired) electrons. The minimum Gasteiger partial charge on any atom is -0.522 e. The highest BCUT2D eigenvalue weighted by Crippen LogP contribution is 2.29. The largest absolute Gasteiger partial charge is 0.522 e. The van der Waals surface area contributed by atoms with E-state index in [1.54, 1.807) is 21.3 Å². The van der Waals surface area contributed by atoms with Crippen LogP contribution >= 0.6 is 0 Å². The second-order valence-electron chi connectivity index (χ2n) is 4.66. The second kappa shape index (κ2) is 7.38. The molecule has 0 N–H and O–H groups in total. The van der Waals surface area contributed by atoms with Crippen molar-refractivity contribution in [1.29, 1.82) is 0 Å². The summed E-state index contributed by atoms with van der Waals surface area (Å²) in [6.07, 6.45) is 0. The summed E-state index contributed by atoms with van der Waals surface area (Å²) >= 11 is 0. The first-order chi connectivity index (χ1) is 10.1. The van der Waals surface area contributed by atoms with E-state index in [2.05, 4.69) is 0 Å². The molecule has 1 aromatic carbocycles. The fourth-order valence-electron chi connectivity index (χ4n) is 2.14. The van der Waals surface area contributed by atoms with Gasteiger partial charge in [0.2, 0.25) is 0 Å². The lowest BCUT2D eigenvalue weighted by Gasteiger charge is -2.25. The van der Waals surface area contributed by atoms with Crippen LogP contribution in [-0.4, -0.2) is 46.0 Å². The average molecular weight is 330 g/mol. The number of ether oxygens (including phenoxy) is 1. The number of benzene rings is 1. The lowest BCUT2D eigenvalue weighted by molar-refractivity contribution is 0.117. The number of rotatable bonds is 7. The highest BCUT2D eigenvalue weighted by Gasteiger charge is 2.37. The van der Waals surface area contributed by atoms with Crippen molar-refractivity contribution in [2.45, 2.75) is 19.2 Å². The van der Waals surface area contributed by atoms with Gasteiger partial charge < -0.3 is 26.9 Å². The van der Waals surface area contributed by atoms with E-state index in [4.69, 9.17) is 26.9 Å². The van der Waals surface area contributed by atoms with E-state index in [0.717, 1.165) is 17.1 Å². The summed E-state index contributed by atoms with van der Waals surface area (Å²) in [6, 6.07) is 6.38. The molecule has 1 aliphatic heterocycles. The summed E-state index contributed by atoms with van der Waals surface area (Å²) in [7, 11) is 0.717. The Kier molecular flexibility index (Phi) is 5.79. The minimum atomic E-state index is -2.58. The van der Waals surface area contributed by atoms with Crippen molar-refractivity contribution in [3.8, 4) is 11.5 Å². The van der Waals surface area contributed by atoms with Crippen molar-refractivity contribution >= 4 is 18.1 Å². The molecule has 0 spiro atoms. The zero-order valence-corrected chi connectivity index (χ0v) is 15.0. The van der Waals surface area contributed by atoms with Crippen molar-refractivity contribution in [3.63, 3.8) is 0 Å². The van der Waals surface area contributed by atoms with Crippen LogP contribution in [0.5, 0.6) is 11.5 Å². The summed E-state index contributed by atoms with van der Waals surface area (Å²) in [6.45, 7) is 3.07. The van der Waals surface area contributed by atoms with Gasteiger partial charge in [0.1, 0.15) is 11.5 Å². The van der Waals surface area contributed by atoms with Gasteiger partial charge in [-0.15, -0.1) is 0 Å². The Hall–Kier alpha value is -0.906. The third kappa shape index (κ3) is 4.05. The molecule has 1 unspecified atom stereocenters. The van der Waals surface area contributed by atoms with Gasteiger partial charge in [0.15, 0.2) is 0 Å². The summed E-state index contributed by atoms with van der Waals surface area (Å²) in [5, 5.41) is 0. The van der Waals surface area contributed by atoms with E-state index in [9.17, 15) is 0 Å². The number of hydrogen-bond acceptors (Lipinski definition) is 6. The Morgan fingerprint density at radius 3 is 2.57 bits per heavy atom. The van der Waals surface area contributed by atoms with E-state index < -0.39 is 18.1 Å². The maximum absolute atomic E-state index is 5.75. The maximum atomic E-state index is 5.75. The van der Waals surface area contributed by atoms with Crippen LogP contribution in [-0.2, 0) is 24.3 Å². The molecule has 1 heterocycles. The zero-order chi connectivity index (χ0) is 15.3. The molecule has 6 nitrogen and oxygen atoms in total. The molecular formula is C13H22O6Si2. The Bertz CT molecular complexity index is 458. The van der Waals surface area contributed by atoms with Crippen molar-refractivity contribution < 1.29 is 26.9 Å².